The van der Waals surface area contributed by atoms with E-state index in [2.05, 4.69) is 95.2 Å². The Morgan fingerprint density at radius 3 is 1.20 bits per heavy atom. The molecule has 1 aliphatic heterocycles. The second-order valence-electron chi connectivity index (χ2n) is 13.8. The van der Waals surface area contributed by atoms with Crippen LogP contribution in [0.15, 0.2) is 24.3 Å². The van der Waals surface area contributed by atoms with E-state index in [-0.39, 0.29) is 51.2 Å². The van der Waals surface area contributed by atoms with Crippen LogP contribution in [0.5, 0.6) is 11.5 Å². The molecule has 0 fully saturated rings. The van der Waals surface area contributed by atoms with Crippen LogP contribution in [0.4, 0.5) is 0 Å². The molecule has 188 valence electrons. The second kappa shape index (κ2) is 9.52. The van der Waals surface area contributed by atoms with Gasteiger partial charge >= 0.3 is 37.4 Å². The molecule has 1 aliphatic rings. The molecule has 0 radical (unpaired) electrons. The average Bonchev–Trinajstić information content (AvgIpc) is 2.58. The van der Waals surface area contributed by atoms with Crippen molar-refractivity contribution >= 4 is 7.82 Å². The zero-order chi connectivity index (χ0) is 26.1. The van der Waals surface area contributed by atoms with Gasteiger partial charge in [0.1, 0.15) is 11.5 Å². The Balaban J connectivity index is 0.00000432. The monoisotopic (exact) mass is 508 g/mol. The summed E-state index contributed by atoms with van der Waals surface area (Å²) >= 11 is 0. The van der Waals surface area contributed by atoms with Crippen LogP contribution in [0.3, 0.4) is 0 Å². The van der Waals surface area contributed by atoms with Crippen molar-refractivity contribution in [3.8, 4) is 11.5 Å². The molecule has 0 N–H and O–H groups in total. The minimum absolute atomic E-state index is 0. The summed E-state index contributed by atoms with van der Waals surface area (Å²) in [5.74, 6) is 0.752. The molecule has 3 rings (SSSR count). The Bertz CT molecular complexity index is 1070. The van der Waals surface area contributed by atoms with Gasteiger partial charge < -0.3 is 13.9 Å². The van der Waals surface area contributed by atoms with E-state index >= 15 is 0 Å². The Kier molecular flexibility index (Phi) is 8.28. The van der Waals surface area contributed by atoms with Gasteiger partial charge in [-0.2, -0.15) is 0 Å². The minimum atomic E-state index is -4.66. The maximum Gasteiger partial charge on any atom is 1.00 e. The van der Waals surface area contributed by atoms with Gasteiger partial charge in [-0.3, -0.25) is 0 Å². The van der Waals surface area contributed by atoms with Gasteiger partial charge in [0.15, 0.2) is 0 Å². The predicted molar refractivity (Wildman–Crippen MR) is 139 cm³/mol. The van der Waals surface area contributed by atoms with Crippen molar-refractivity contribution in [3.05, 3.63) is 57.6 Å². The van der Waals surface area contributed by atoms with Crippen LogP contribution >= 0.6 is 7.82 Å². The zero-order valence-corrected chi connectivity index (χ0v) is 27.0. The Morgan fingerprint density at radius 1 is 0.629 bits per heavy atom. The van der Waals surface area contributed by atoms with Crippen molar-refractivity contribution in [3.63, 3.8) is 0 Å². The van der Waals surface area contributed by atoms with Crippen LogP contribution in [0.25, 0.3) is 0 Å². The molecule has 0 amide bonds. The van der Waals surface area contributed by atoms with Gasteiger partial charge in [0.2, 0.25) is 0 Å². The normalized spacial score (nSPS) is 16.0. The smallest absolute Gasteiger partial charge is 0.736 e. The molecule has 0 bridgehead atoms. The Morgan fingerprint density at radius 2 is 0.943 bits per heavy atom. The van der Waals surface area contributed by atoms with Gasteiger partial charge in [-0.25, -0.2) is 4.57 Å². The first kappa shape index (κ1) is 30.5. The summed E-state index contributed by atoms with van der Waals surface area (Å²) in [6.07, 6.45) is 0.540. The maximum atomic E-state index is 13.2. The summed E-state index contributed by atoms with van der Waals surface area (Å²) in [5, 5.41) is 0. The first-order valence-corrected chi connectivity index (χ1v) is 13.6. The molecule has 6 heteroatoms. The third kappa shape index (κ3) is 6.76. The van der Waals surface area contributed by atoms with E-state index in [0.29, 0.717) is 17.9 Å². The van der Waals surface area contributed by atoms with Crippen LogP contribution in [-0.2, 0) is 32.6 Å². The summed E-state index contributed by atoms with van der Waals surface area (Å²) < 4.78 is 24.5. The molecule has 0 spiro atoms. The molecule has 0 saturated heterocycles. The number of fused-ring (bicyclic) bond motifs is 2. The predicted octanol–water partition coefficient (Wildman–Crippen LogP) is 4.71. The van der Waals surface area contributed by atoms with Gasteiger partial charge in [-0.15, -0.1) is 0 Å². The van der Waals surface area contributed by atoms with E-state index < -0.39 is 7.82 Å². The minimum Gasteiger partial charge on any atom is -0.736 e. The SMILES string of the molecule is CC(C)(C)c1cc2c(c(C(C)(C)C)c1)Cc1c(cc(C(C)(C)C)cc1C(C)(C)C)OP(=O)([O-])O2.[Na+]. The van der Waals surface area contributed by atoms with E-state index in [0.717, 1.165) is 33.4 Å². The number of phosphoric acid groups is 1. The third-order valence-electron chi connectivity index (χ3n) is 6.54. The first-order chi connectivity index (χ1) is 15.1. The van der Waals surface area contributed by atoms with Gasteiger partial charge in [-0.05, 0) is 56.0 Å². The van der Waals surface area contributed by atoms with E-state index in [1.165, 1.54) is 0 Å². The number of hydrogen-bond donors (Lipinski definition) is 0. The molecule has 4 nitrogen and oxygen atoms in total. The zero-order valence-electron chi connectivity index (χ0n) is 24.1. The molecule has 35 heavy (non-hydrogen) atoms. The largest absolute Gasteiger partial charge is 1.00 e. The Hall–Kier alpha value is -0.770. The molecule has 0 aromatic heterocycles. The number of rotatable bonds is 0. The molecular formula is C29H42NaO4P. The molecule has 1 heterocycles. The van der Waals surface area contributed by atoms with Gasteiger partial charge in [-0.1, -0.05) is 95.2 Å². The molecule has 0 aliphatic carbocycles. The summed E-state index contributed by atoms with van der Waals surface area (Å²) in [6.45, 7) is 25.7. The standard InChI is InChI=1S/C29H43O4P.Na/c1-26(2,3)18-13-22(28(7,8)9)20-17-21-23(29(10,11)12)14-19(27(4,5)6)16-25(21)33-34(30,31)32-24(20)15-18;/h13-16H,17H2,1-12H3,(H,30,31);/q;+1/p-1. The summed E-state index contributed by atoms with van der Waals surface area (Å²) in [6, 6.07) is 8.20. The van der Waals surface area contributed by atoms with E-state index in [1.54, 1.807) is 0 Å². The molecule has 2 aromatic carbocycles. The van der Waals surface area contributed by atoms with Gasteiger partial charge in [0, 0.05) is 17.5 Å². The topological polar surface area (TPSA) is 58.6 Å². The molecule has 0 atom stereocenters. The first-order valence-electron chi connectivity index (χ1n) is 12.2. The van der Waals surface area contributed by atoms with Crippen molar-refractivity contribution in [2.45, 2.75) is 111 Å². The van der Waals surface area contributed by atoms with E-state index in [9.17, 15) is 9.46 Å². The number of phosphoric ester groups is 1. The molecule has 0 unspecified atom stereocenters. The van der Waals surface area contributed by atoms with Crippen molar-refractivity contribution < 1.29 is 48.1 Å². The van der Waals surface area contributed by atoms with E-state index in [4.69, 9.17) is 9.05 Å². The molecule has 2 aromatic rings. The fraction of sp³-hybridized carbons (Fsp3) is 0.586. The van der Waals surface area contributed by atoms with Crippen LogP contribution in [-0.4, -0.2) is 0 Å². The quantitative estimate of drug-likeness (QED) is 0.382. The summed E-state index contributed by atoms with van der Waals surface area (Å²) in [5.41, 5.74) is 5.38. The molecule has 0 saturated carbocycles. The summed E-state index contributed by atoms with van der Waals surface area (Å²) in [4.78, 5) is 13.2. The van der Waals surface area contributed by atoms with E-state index in [1.807, 2.05) is 12.1 Å². The number of benzene rings is 2. The fourth-order valence-electron chi connectivity index (χ4n) is 4.46. The third-order valence-corrected chi connectivity index (χ3v) is 7.38. The van der Waals surface area contributed by atoms with Crippen LogP contribution in [0, 0.1) is 0 Å². The van der Waals surface area contributed by atoms with Crippen molar-refractivity contribution in [2.75, 3.05) is 0 Å². The Labute approximate surface area is 235 Å². The van der Waals surface area contributed by atoms with Gasteiger partial charge in [0.25, 0.3) is 0 Å². The fourth-order valence-corrected chi connectivity index (χ4v) is 5.30. The second-order valence-corrected chi connectivity index (χ2v) is 15.1. The maximum absolute atomic E-state index is 13.2. The van der Waals surface area contributed by atoms with Crippen LogP contribution < -0.4 is 43.5 Å². The summed E-state index contributed by atoms with van der Waals surface area (Å²) in [7, 11) is -4.66. The van der Waals surface area contributed by atoms with Crippen LogP contribution in [0.1, 0.15) is 116 Å². The van der Waals surface area contributed by atoms with Crippen molar-refractivity contribution in [2.24, 2.45) is 0 Å². The van der Waals surface area contributed by atoms with Crippen molar-refractivity contribution in [1.82, 2.24) is 0 Å². The van der Waals surface area contributed by atoms with Crippen LogP contribution in [0.2, 0.25) is 0 Å². The van der Waals surface area contributed by atoms with Crippen molar-refractivity contribution in [1.29, 1.82) is 0 Å². The molecular weight excluding hydrogens is 466 g/mol. The van der Waals surface area contributed by atoms with Gasteiger partial charge in [0.05, 0.1) is 0 Å². The number of hydrogen-bond acceptors (Lipinski definition) is 4. The average molecular weight is 509 g/mol.